The number of carbonyl (C=O) groups is 3. The highest BCUT2D eigenvalue weighted by Crippen LogP contribution is 2.17. The topological polar surface area (TPSA) is 80.7 Å². The highest BCUT2D eigenvalue weighted by atomic mass is 16.5. The van der Waals surface area contributed by atoms with Gasteiger partial charge in [-0.1, -0.05) is 12.1 Å². The van der Waals surface area contributed by atoms with Crippen LogP contribution in [0.25, 0.3) is 0 Å². The molecule has 0 saturated carbocycles. The zero-order chi connectivity index (χ0) is 17.0. The molecule has 5 nitrogen and oxygen atoms in total. The second-order valence-electron chi connectivity index (χ2n) is 4.96. The first kappa shape index (κ1) is 16.4. The summed E-state index contributed by atoms with van der Waals surface area (Å²) in [4.78, 5) is 35.0. The van der Waals surface area contributed by atoms with Crippen molar-refractivity contribution in [3.63, 3.8) is 0 Å². The minimum absolute atomic E-state index is 0.136. The Kier molecular flexibility index (Phi) is 4.91. The predicted molar refractivity (Wildman–Crippen MR) is 84.0 cm³/mol. The minimum atomic E-state index is -1.04. The average Bonchev–Trinajstić information content (AvgIpc) is 2.54. The van der Waals surface area contributed by atoms with E-state index in [1.807, 2.05) is 0 Å². The molecule has 0 amide bonds. The fourth-order valence-corrected chi connectivity index (χ4v) is 2.18. The SMILES string of the molecule is CCOC(=O)c1ccc(C(=O)c2ccc(C(=O)O)cc2C)cc1. The van der Waals surface area contributed by atoms with Crippen molar-refractivity contribution in [3.05, 3.63) is 70.3 Å². The van der Waals surface area contributed by atoms with Gasteiger partial charge in [0.05, 0.1) is 17.7 Å². The molecule has 23 heavy (non-hydrogen) atoms. The molecule has 0 fully saturated rings. The lowest BCUT2D eigenvalue weighted by atomic mass is 9.97. The highest BCUT2D eigenvalue weighted by Gasteiger charge is 2.15. The van der Waals surface area contributed by atoms with E-state index >= 15 is 0 Å². The van der Waals surface area contributed by atoms with Gasteiger partial charge in [-0.3, -0.25) is 4.79 Å². The molecular weight excluding hydrogens is 296 g/mol. The van der Waals surface area contributed by atoms with Crippen molar-refractivity contribution in [3.8, 4) is 0 Å². The van der Waals surface area contributed by atoms with E-state index < -0.39 is 11.9 Å². The van der Waals surface area contributed by atoms with Crippen LogP contribution in [0, 0.1) is 6.92 Å². The molecule has 0 radical (unpaired) electrons. The summed E-state index contributed by atoms with van der Waals surface area (Å²) in [5.41, 5.74) is 1.95. The van der Waals surface area contributed by atoms with Crippen LogP contribution < -0.4 is 0 Å². The standard InChI is InChI=1S/C18H16O5/c1-3-23-18(22)13-6-4-12(5-7-13)16(19)15-9-8-14(17(20)21)10-11(15)2/h4-10H,3H2,1-2H3,(H,20,21). The van der Waals surface area contributed by atoms with Crippen LogP contribution in [0.3, 0.4) is 0 Å². The summed E-state index contributed by atoms with van der Waals surface area (Å²) < 4.78 is 4.89. The Bertz CT molecular complexity index is 759. The first-order valence-electron chi connectivity index (χ1n) is 7.10. The molecule has 5 heteroatoms. The number of carboxylic acids is 1. The van der Waals surface area contributed by atoms with E-state index in [1.165, 1.54) is 30.3 Å². The van der Waals surface area contributed by atoms with Crippen LogP contribution in [0.2, 0.25) is 0 Å². The fraction of sp³-hybridized carbons (Fsp3) is 0.167. The molecule has 0 bridgehead atoms. The van der Waals surface area contributed by atoms with Gasteiger partial charge < -0.3 is 9.84 Å². The number of carbonyl (C=O) groups excluding carboxylic acids is 2. The summed E-state index contributed by atoms with van der Waals surface area (Å²) in [7, 11) is 0. The molecule has 0 unspecified atom stereocenters. The molecule has 2 rings (SSSR count). The maximum atomic E-state index is 12.5. The number of esters is 1. The van der Waals surface area contributed by atoms with Crippen LogP contribution in [0.5, 0.6) is 0 Å². The number of benzene rings is 2. The maximum absolute atomic E-state index is 12.5. The Balaban J connectivity index is 2.27. The number of rotatable bonds is 5. The van der Waals surface area contributed by atoms with Crippen LogP contribution in [0.15, 0.2) is 42.5 Å². The van der Waals surface area contributed by atoms with Gasteiger partial charge in [0.1, 0.15) is 0 Å². The minimum Gasteiger partial charge on any atom is -0.478 e. The van der Waals surface area contributed by atoms with Gasteiger partial charge in [-0.15, -0.1) is 0 Å². The quantitative estimate of drug-likeness (QED) is 0.678. The van der Waals surface area contributed by atoms with Gasteiger partial charge in [-0.2, -0.15) is 0 Å². The van der Waals surface area contributed by atoms with E-state index in [0.717, 1.165) is 0 Å². The van der Waals surface area contributed by atoms with Crippen LogP contribution >= 0.6 is 0 Å². The summed E-state index contributed by atoms with van der Waals surface area (Å²) in [5.74, 6) is -1.70. The molecule has 0 aromatic heterocycles. The van der Waals surface area contributed by atoms with Crippen molar-refractivity contribution in [1.29, 1.82) is 0 Å². The number of hydrogen-bond donors (Lipinski definition) is 1. The van der Waals surface area contributed by atoms with Gasteiger partial charge in [0.2, 0.25) is 0 Å². The Hall–Kier alpha value is -2.95. The summed E-state index contributed by atoms with van der Waals surface area (Å²) in [6.45, 7) is 3.70. The third-order valence-electron chi connectivity index (χ3n) is 3.38. The zero-order valence-electron chi connectivity index (χ0n) is 12.8. The first-order chi connectivity index (χ1) is 10.9. The molecule has 2 aromatic carbocycles. The van der Waals surface area contributed by atoms with Crippen LogP contribution in [0.4, 0.5) is 0 Å². The third kappa shape index (κ3) is 3.63. The highest BCUT2D eigenvalue weighted by molar-refractivity contribution is 6.10. The molecule has 0 aliphatic rings. The summed E-state index contributed by atoms with van der Waals surface area (Å²) in [6, 6.07) is 10.5. The maximum Gasteiger partial charge on any atom is 0.338 e. The van der Waals surface area contributed by atoms with Gasteiger partial charge in [-0.05, 0) is 49.7 Å². The second-order valence-corrected chi connectivity index (χ2v) is 4.96. The molecule has 1 N–H and O–H groups in total. The monoisotopic (exact) mass is 312 g/mol. The molecule has 2 aromatic rings. The number of aromatic carboxylic acids is 1. The van der Waals surface area contributed by atoms with E-state index in [0.29, 0.717) is 22.3 Å². The molecule has 0 saturated heterocycles. The van der Waals surface area contributed by atoms with E-state index in [4.69, 9.17) is 9.84 Å². The number of hydrogen-bond acceptors (Lipinski definition) is 4. The number of carboxylic acid groups (broad SMARTS) is 1. The largest absolute Gasteiger partial charge is 0.478 e. The Morgan fingerprint density at radius 3 is 2.04 bits per heavy atom. The van der Waals surface area contributed by atoms with Crippen molar-refractivity contribution in [2.24, 2.45) is 0 Å². The third-order valence-corrected chi connectivity index (χ3v) is 3.38. The number of aryl methyl sites for hydroxylation is 1. The predicted octanol–water partition coefficient (Wildman–Crippen LogP) is 3.10. The lowest BCUT2D eigenvalue weighted by molar-refractivity contribution is 0.0525. The van der Waals surface area contributed by atoms with Gasteiger partial charge in [0, 0.05) is 11.1 Å². The summed E-state index contributed by atoms with van der Waals surface area (Å²) in [5, 5.41) is 8.95. The lowest BCUT2D eigenvalue weighted by Gasteiger charge is -2.07. The Morgan fingerprint density at radius 2 is 1.52 bits per heavy atom. The Morgan fingerprint density at radius 1 is 0.957 bits per heavy atom. The summed E-state index contributed by atoms with van der Waals surface area (Å²) in [6.07, 6.45) is 0. The van der Waals surface area contributed by atoms with E-state index in [1.54, 1.807) is 26.0 Å². The summed E-state index contributed by atoms with van der Waals surface area (Å²) >= 11 is 0. The molecule has 0 atom stereocenters. The fourth-order valence-electron chi connectivity index (χ4n) is 2.18. The smallest absolute Gasteiger partial charge is 0.338 e. The zero-order valence-corrected chi connectivity index (χ0v) is 12.8. The van der Waals surface area contributed by atoms with Crippen molar-refractivity contribution >= 4 is 17.7 Å². The van der Waals surface area contributed by atoms with E-state index in [9.17, 15) is 14.4 Å². The van der Waals surface area contributed by atoms with Gasteiger partial charge in [-0.25, -0.2) is 9.59 Å². The van der Waals surface area contributed by atoms with Crippen molar-refractivity contribution in [2.45, 2.75) is 13.8 Å². The number of ether oxygens (including phenoxy) is 1. The molecule has 118 valence electrons. The van der Waals surface area contributed by atoms with E-state index in [-0.39, 0.29) is 18.0 Å². The van der Waals surface area contributed by atoms with Crippen LogP contribution in [0.1, 0.15) is 49.1 Å². The average molecular weight is 312 g/mol. The Labute approximate surface area is 133 Å². The normalized spacial score (nSPS) is 10.2. The van der Waals surface area contributed by atoms with Crippen molar-refractivity contribution < 1.29 is 24.2 Å². The van der Waals surface area contributed by atoms with Crippen molar-refractivity contribution in [1.82, 2.24) is 0 Å². The molecular formula is C18H16O5. The van der Waals surface area contributed by atoms with Crippen molar-refractivity contribution in [2.75, 3.05) is 6.61 Å². The van der Waals surface area contributed by atoms with Gasteiger partial charge in [0.15, 0.2) is 5.78 Å². The molecule has 0 spiro atoms. The second kappa shape index (κ2) is 6.87. The van der Waals surface area contributed by atoms with Gasteiger partial charge in [0.25, 0.3) is 0 Å². The molecule has 0 heterocycles. The van der Waals surface area contributed by atoms with Crippen LogP contribution in [-0.4, -0.2) is 29.4 Å². The van der Waals surface area contributed by atoms with Gasteiger partial charge >= 0.3 is 11.9 Å². The van der Waals surface area contributed by atoms with Crippen LogP contribution in [-0.2, 0) is 4.74 Å². The first-order valence-corrected chi connectivity index (χ1v) is 7.10. The van der Waals surface area contributed by atoms with E-state index in [2.05, 4.69) is 0 Å². The number of ketones is 1. The molecule has 0 aliphatic heterocycles. The molecule has 0 aliphatic carbocycles. The lowest BCUT2D eigenvalue weighted by Crippen LogP contribution is -2.08.